The number of rotatable bonds is 4. The molecular weight excluding hydrogens is 320 g/mol. The lowest BCUT2D eigenvalue weighted by Crippen LogP contribution is -2.27. The third kappa shape index (κ3) is 3.36. The van der Waals surface area contributed by atoms with Crippen LogP contribution < -0.4 is 10.1 Å². The van der Waals surface area contributed by atoms with Gasteiger partial charge in [0.2, 0.25) is 0 Å². The van der Waals surface area contributed by atoms with Gasteiger partial charge in [-0.05, 0) is 58.7 Å². The number of halogens is 1. The normalized spacial score (nSPS) is 11.8. The van der Waals surface area contributed by atoms with Crippen LogP contribution in [0.15, 0.2) is 47.2 Å². The molecule has 0 aliphatic carbocycles. The lowest BCUT2D eigenvalue weighted by atomic mass is 10.1. The standard InChI is InChI=1S/C15H15BrN2O2/c1-10(11-5-7-17-8-6-11)18-15(19)13-9-12(20-2)3-4-14(13)16/h3-10H,1-2H3,(H,18,19)/t10-/m0/s1. The Bertz CT molecular complexity index is 602. The molecule has 4 nitrogen and oxygen atoms in total. The maximum absolute atomic E-state index is 12.3. The number of pyridine rings is 1. The summed E-state index contributed by atoms with van der Waals surface area (Å²) in [5.74, 6) is 0.495. The summed E-state index contributed by atoms with van der Waals surface area (Å²) in [4.78, 5) is 16.3. The number of benzene rings is 1. The van der Waals surface area contributed by atoms with E-state index in [-0.39, 0.29) is 11.9 Å². The molecule has 1 heterocycles. The number of hydrogen-bond acceptors (Lipinski definition) is 3. The van der Waals surface area contributed by atoms with Crippen molar-refractivity contribution in [2.45, 2.75) is 13.0 Å². The molecule has 0 radical (unpaired) electrons. The number of nitrogens with zero attached hydrogens (tertiary/aromatic N) is 1. The largest absolute Gasteiger partial charge is 0.497 e. The van der Waals surface area contributed by atoms with Crippen molar-refractivity contribution in [3.05, 3.63) is 58.3 Å². The lowest BCUT2D eigenvalue weighted by molar-refractivity contribution is 0.0938. The molecule has 1 N–H and O–H groups in total. The van der Waals surface area contributed by atoms with E-state index >= 15 is 0 Å². The molecule has 0 aliphatic rings. The highest BCUT2D eigenvalue weighted by Gasteiger charge is 2.14. The van der Waals surface area contributed by atoms with Gasteiger partial charge in [0.05, 0.1) is 18.7 Å². The second kappa shape index (κ2) is 6.52. The summed E-state index contributed by atoms with van der Waals surface area (Å²) in [5.41, 5.74) is 1.55. The van der Waals surface area contributed by atoms with Crippen LogP contribution in [0.3, 0.4) is 0 Å². The van der Waals surface area contributed by atoms with Gasteiger partial charge in [-0.2, -0.15) is 0 Å². The number of methoxy groups -OCH3 is 1. The van der Waals surface area contributed by atoms with E-state index in [4.69, 9.17) is 4.74 Å². The quantitative estimate of drug-likeness (QED) is 0.932. The summed E-state index contributed by atoms with van der Waals surface area (Å²) < 4.78 is 5.87. The van der Waals surface area contributed by atoms with Crippen molar-refractivity contribution in [1.29, 1.82) is 0 Å². The van der Waals surface area contributed by atoms with Crippen LogP contribution in [0, 0.1) is 0 Å². The molecule has 2 rings (SSSR count). The monoisotopic (exact) mass is 334 g/mol. The van der Waals surface area contributed by atoms with Crippen molar-refractivity contribution >= 4 is 21.8 Å². The summed E-state index contributed by atoms with van der Waals surface area (Å²) >= 11 is 3.38. The number of carbonyl (C=O) groups is 1. The van der Waals surface area contributed by atoms with Crippen molar-refractivity contribution in [3.8, 4) is 5.75 Å². The van der Waals surface area contributed by atoms with Gasteiger partial charge in [0.25, 0.3) is 5.91 Å². The minimum Gasteiger partial charge on any atom is -0.497 e. The van der Waals surface area contributed by atoms with E-state index in [1.54, 1.807) is 37.7 Å². The Hall–Kier alpha value is -1.88. The average Bonchev–Trinajstić information content (AvgIpc) is 2.48. The van der Waals surface area contributed by atoms with E-state index < -0.39 is 0 Å². The molecule has 1 amide bonds. The molecular formula is C15H15BrN2O2. The van der Waals surface area contributed by atoms with E-state index in [2.05, 4.69) is 26.2 Å². The van der Waals surface area contributed by atoms with E-state index in [1.165, 1.54) is 0 Å². The van der Waals surface area contributed by atoms with Gasteiger partial charge in [-0.25, -0.2) is 0 Å². The Morgan fingerprint density at radius 1 is 1.30 bits per heavy atom. The van der Waals surface area contributed by atoms with Gasteiger partial charge in [0.15, 0.2) is 0 Å². The second-order valence-electron chi connectivity index (χ2n) is 4.32. The molecule has 0 fully saturated rings. The Balaban J connectivity index is 2.16. The Labute approximate surface area is 126 Å². The summed E-state index contributed by atoms with van der Waals surface area (Å²) in [5, 5.41) is 2.95. The highest BCUT2D eigenvalue weighted by molar-refractivity contribution is 9.10. The van der Waals surface area contributed by atoms with E-state index in [0.29, 0.717) is 11.3 Å². The third-order valence-corrected chi connectivity index (χ3v) is 3.66. The second-order valence-corrected chi connectivity index (χ2v) is 5.18. The van der Waals surface area contributed by atoms with Crippen LogP contribution >= 0.6 is 15.9 Å². The molecule has 0 bridgehead atoms. The zero-order valence-electron chi connectivity index (χ0n) is 11.3. The maximum atomic E-state index is 12.3. The van der Waals surface area contributed by atoms with Gasteiger partial charge in [-0.3, -0.25) is 9.78 Å². The Morgan fingerprint density at radius 2 is 2.00 bits per heavy atom. The van der Waals surface area contributed by atoms with Crippen molar-refractivity contribution in [2.24, 2.45) is 0 Å². The predicted octanol–water partition coefficient (Wildman–Crippen LogP) is 3.34. The van der Waals surface area contributed by atoms with E-state index in [1.807, 2.05) is 19.1 Å². The predicted molar refractivity (Wildman–Crippen MR) is 80.8 cm³/mol. The number of amides is 1. The van der Waals surface area contributed by atoms with Crippen LogP contribution in [0.4, 0.5) is 0 Å². The molecule has 104 valence electrons. The Kier molecular flexibility index (Phi) is 4.74. The summed E-state index contributed by atoms with van der Waals surface area (Å²) in [7, 11) is 1.57. The number of ether oxygens (including phenoxy) is 1. The van der Waals surface area contributed by atoms with Crippen molar-refractivity contribution in [3.63, 3.8) is 0 Å². The first kappa shape index (κ1) is 14.5. The average molecular weight is 335 g/mol. The summed E-state index contributed by atoms with van der Waals surface area (Å²) in [6.45, 7) is 1.93. The van der Waals surface area contributed by atoms with Gasteiger partial charge < -0.3 is 10.1 Å². The molecule has 1 atom stereocenters. The van der Waals surface area contributed by atoms with Crippen molar-refractivity contribution in [1.82, 2.24) is 10.3 Å². The first-order valence-corrected chi connectivity index (χ1v) is 6.95. The molecule has 1 aromatic heterocycles. The molecule has 20 heavy (non-hydrogen) atoms. The fraction of sp³-hybridized carbons (Fsp3) is 0.200. The number of aromatic nitrogens is 1. The zero-order chi connectivity index (χ0) is 14.5. The Morgan fingerprint density at radius 3 is 2.65 bits per heavy atom. The highest BCUT2D eigenvalue weighted by atomic mass is 79.9. The highest BCUT2D eigenvalue weighted by Crippen LogP contribution is 2.23. The fourth-order valence-corrected chi connectivity index (χ4v) is 2.24. The van der Waals surface area contributed by atoms with Crippen LogP contribution in [0.1, 0.15) is 28.9 Å². The first-order valence-electron chi connectivity index (χ1n) is 6.16. The van der Waals surface area contributed by atoms with Gasteiger partial charge in [0, 0.05) is 16.9 Å². The van der Waals surface area contributed by atoms with E-state index in [9.17, 15) is 4.79 Å². The smallest absolute Gasteiger partial charge is 0.253 e. The van der Waals surface area contributed by atoms with Crippen LogP contribution in [0.25, 0.3) is 0 Å². The maximum Gasteiger partial charge on any atom is 0.253 e. The topological polar surface area (TPSA) is 51.2 Å². The molecule has 0 aliphatic heterocycles. The SMILES string of the molecule is COc1ccc(Br)c(C(=O)N[C@@H](C)c2ccncc2)c1. The fourth-order valence-electron chi connectivity index (χ4n) is 1.82. The molecule has 0 unspecified atom stereocenters. The van der Waals surface area contributed by atoms with E-state index in [0.717, 1.165) is 10.0 Å². The molecule has 0 saturated carbocycles. The molecule has 0 spiro atoms. The van der Waals surface area contributed by atoms with Gasteiger partial charge in [-0.1, -0.05) is 0 Å². The summed E-state index contributed by atoms with van der Waals surface area (Å²) in [6, 6.07) is 8.97. The molecule has 2 aromatic rings. The van der Waals surface area contributed by atoms with Gasteiger partial charge >= 0.3 is 0 Å². The minimum atomic E-state index is -0.153. The molecule has 1 aromatic carbocycles. The lowest BCUT2D eigenvalue weighted by Gasteiger charge is -2.15. The van der Waals surface area contributed by atoms with Crippen LogP contribution in [0.5, 0.6) is 5.75 Å². The van der Waals surface area contributed by atoms with Crippen LogP contribution in [-0.2, 0) is 0 Å². The molecule has 0 saturated heterocycles. The van der Waals surface area contributed by atoms with Gasteiger partial charge in [0.1, 0.15) is 5.75 Å². The summed E-state index contributed by atoms with van der Waals surface area (Å²) in [6.07, 6.45) is 3.42. The van der Waals surface area contributed by atoms with Crippen molar-refractivity contribution < 1.29 is 9.53 Å². The minimum absolute atomic E-state index is 0.0939. The van der Waals surface area contributed by atoms with Crippen molar-refractivity contribution in [2.75, 3.05) is 7.11 Å². The first-order chi connectivity index (χ1) is 9.61. The number of hydrogen-bond donors (Lipinski definition) is 1. The van der Waals surface area contributed by atoms with Gasteiger partial charge in [-0.15, -0.1) is 0 Å². The zero-order valence-corrected chi connectivity index (χ0v) is 12.8. The third-order valence-electron chi connectivity index (χ3n) is 2.97. The number of nitrogens with one attached hydrogen (secondary N) is 1. The van der Waals surface area contributed by atoms with Crippen LogP contribution in [0.2, 0.25) is 0 Å². The van der Waals surface area contributed by atoms with Crippen LogP contribution in [-0.4, -0.2) is 18.0 Å². The molecule has 5 heteroatoms. The number of carbonyl (C=O) groups excluding carboxylic acids is 1.